The summed E-state index contributed by atoms with van der Waals surface area (Å²) in [5, 5.41) is 6.69. The fourth-order valence-corrected chi connectivity index (χ4v) is 3.66. The van der Waals surface area contributed by atoms with Gasteiger partial charge >= 0.3 is 16.1 Å². The Kier molecular flexibility index (Phi) is 5.87. The number of aromatic nitrogens is 2. The molecule has 0 radical (unpaired) electrons. The predicted octanol–water partition coefficient (Wildman–Crippen LogP) is 2.80. The number of alkyl halides is 2. The molecule has 2 unspecified atom stereocenters. The van der Waals surface area contributed by atoms with Crippen molar-refractivity contribution in [1.29, 1.82) is 0 Å². The molecule has 9 heteroatoms. The third-order valence-electron chi connectivity index (χ3n) is 3.68. The molecule has 1 aliphatic heterocycles. The van der Waals surface area contributed by atoms with Crippen LogP contribution in [-0.2, 0) is 4.79 Å². The number of hydrogen-bond acceptors (Lipinski definition) is 5. The zero-order valence-corrected chi connectivity index (χ0v) is 13.4. The zero-order chi connectivity index (χ0) is 16.1. The molecule has 1 aliphatic rings. The quantitative estimate of drug-likeness (QED) is 0.748. The summed E-state index contributed by atoms with van der Waals surface area (Å²) in [6.07, 6.45) is 3.92. The third kappa shape index (κ3) is 3.63. The summed E-state index contributed by atoms with van der Waals surface area (Å²) in [4.78, 5) is 14.0. The van der Waals surface area contributed by atoms with Gasteiger partial charge in [0.05, 0.1) is 7.11 Å². The van der Waals surface area contributed by atoms with Crippen LogP contribution in [0.5, 0.6) is 10.4 Å². The second kappa shape index (κ2) is 7.66. The summed E-state index contributed by atoms with van der Waals surface area (Å²) in [7, 11) is -0.481. The van der Waals surface area contributed by atoms with Gasteiger partial charge < -0.3 is 14.4 Å². The van der Waals surface area contributed by atoms with Crippen LogP contribution in [0.15, 0.2) is 0 Å². The molecule has 0 aliphatic carbocycles. The smallest absolute Gasteiger partial charge is 0.440 e. The van der Waals surface area contributed by atoms with E-state index in [1.54, 1.807) is 4.90 Å². The molecular weight excluding hydrogens is 316 g/mol. The molecule has 124 valence electrons. The van der Waals surface area contributed by atoms with Crippen LogP contribution < -0.4 is 9.47 Å². The summed E-state index contributed by atoms with van der Waals surface area (Å²) >= 11 is 0. The number of nitrogens with zero attached hydrogens (tertiary/aromatic N) is 3. The number of carbonyl (C=O) groups is 1. The first kappa shape index (κ1) is 16.9. The molecule has 0 saturated carbocycles. The van der Waals surface area contributed by atoms with E-state index in [4.69, 9.17) is 9.47 Å². The van der Waals surface area contributed by atoms with Crippen molar-refractivity contribution >= 4 is 16.4 Å². The van der Waals surface area contributed by atoms with Gasteiger partial charge in [-0.05, 0) is 25.7 Å². The number of piperidine rings is 1. The van der Waals surface area contributed by atoms with Gasteiger partial charge in [-0.15, -0.1) is 0 Å². The van der Waals surface area contributed by atoms with Gasteiger partial charge in [0.15, 0.2) is 17.1 Å². The predicted molar refractivity (Wildman–Crippen MR) is 77.5 cm³/mol. The number of methoxy groups -OCH3 is 1. The molecule has 6 nitrogen and oxygen atoms in total. The zero-order valence-electron chi connectivity index (χ0n) is 12.6. The third-order valence-corrected chi connectivity index (χ3v) is 5.24. The second-order valence-corrected chi connectivity index (χ2v) is 6.70. The Bertz CT molecular complexity index is 513. The summed E-state index contributed by atoms with van der Waals surface area (Å²) in [5.74, 6) is -2.91. The Morgan fingerprint density at radius 1 is 1.41 bits per heavy atom. The first-order chi connectivity index (χ1) is 10.6. The van der Waals surface area contributed by atoms with Gasteiger partial charge in [-0.2, -0.15) is 8.78 Å². The summed E-state index contributed by atoms with van der Waals surface area (Å²) in [6.45, 7) is 2.43. The Hall–Kier alpha value is -1.51. The van der Waals surface area contributed by atoms with Gasteiger partial charge in [-0.25, -0.2) is 0 Å². The normalized spacial score (nSPS) is 19.4. The van der Waals surface area contributed by atoms with E-state index in [0.717, 1.165) is 25.7 Å². The number of amides is 1. The maximum atomic E-state index is 13.0. The summed E-state index contributed by atoms with van der Waals surface area (Å²) < 4.78 is 36.0. The van der Waals surface area contributed by atoms with E-state index in [0.29, 0.717) is 6.54 Å². The molecule has 0 spiro atoms. The highest BCUT2D eigenvalue weighted by Gasteiger charge is 2.37. The van der Waals surface area contributed by atoms with Gasteiger partial charge in [0.25, 0.3) is 5.91 Å². The van der Waals surface area contributed by atoms with Crippen molar-refractivity contribution in [2.75, 3.05) is 20.3 Å². The van der Waals surface area contributed by atoms with Crippen LogP contribution in [0.2, 0.25) is 0 Å². The number of rotatable bonds is 6. The van der Waals surface area contributed by atoms with Crippen LogP contribution in [0.25, 0.3) is 0 Å². The maximum absolute atomic E-state index is 13.0. The molecule has 1 aromatic heterocycles. The molecular formula is C13H20F2N3O3S+. The number of hydrogen-bond donors (Lipinski definition) is 0. The lowest BCUT2D eigenvalue weighted by Gasteiger charge is -2.34. The molecule has 1 aromatic rings. The lowest BCUT2D eigenvalue weighted by atomic mass is 10.00. The standard InChI is InChI=1S/C13H20F2N3O3S/c1-3-9-6-4-5-7-18(9)10(19)8-21-13-17-16-12(20-2)22(13)11(14)15/h9,11H,3-8H2,1-2H3/q+1. The monoisotopic (exact) mass is 336 g/mol. The summed E-state index contributed by atoms with van der Waals surface area (Å²) in [5.41, 5.74) is 0. The van der Waals surface area contributed by atoms with Crippen molar-refractivity contribution in [2.24, 2.45) is 0 Å². The highest BCUT2D eigenvalue weighted by atomic mass is 32.2. The van der Waals surface area contributed by atoms with Gasteiger partial charge in [0.2, 0.25) is 0 Å². The van der Waals surface area contributed by atoms with Crippen molar-refractivity contribution in [3.05, 3.63) is 0 Å². The molecule has 22 heavy (non-hydrogen) atoms. The molecule has 1 fully saturated rings. The molecule has 1 saturated heterocycles. The summed E-state index contributed by atoms with van der Waals surface area (Å²) in [6, 6.07) is 0.203. The van der Waals surface area contributed by atoms with Gasteiger partial charge in [0, 0.05) is 12.6 Å². The minimum atomic E-state index is -2.71. The van der Waals surface area contributed by atoms with Crippen LogP contribution in [0, 0.1) is 0 Å². The van der Waals surface area contributed by atoms with Gasteiger partial charge in [-0.1, -0.05) is 17.1 Å². The second-order valence-electron chi connectivity index (χ2n) is 4.97. The van der Waals surface area contributed by atoms with E-state index >= 15 is 0 Å². The Labute approximate surface area is 130 Å². The van der Waals surface area contributed by atoms with Gasteiger partial charge in [0.1, 0.15) is 0 Å². The van der Waals surface area contributed by atoms with E-state index in [1.807, 2.05) is 6.92 Å². The van der Waals surface area contributed by atoms with E-state index in [1.165, 1.54) is 7.11 Å². The van der Waals surface area contributed by atoms with Crippen molar-refractivity contribution < 1.29 is 23.0 Å². The van der Waals surface area contributed by atoms with E-state index in [2.05, 4.69) is 10.2 Å². The molecule has 2 heterocycles. The van der Waals surface area contributed by atoms with E-state index < -0.39 is 16.2 Å². The largest absolute Gasteiger partial charge is 0.464 e. The lowest BCUT2D eigenvalue weighted by molar-refractivity contribution is -0.137. The number of carbonyl (C=O) groups excluding carboxylic acids is 1. The average molecular weight is 336 g/mol. The van der Waals surface area contributed by atoms with Crippen molar-refractivity contribution in [3.63, 3.8) is 0 Å². The molecule has 2 atom stereocenters. The Morgan fingerprint density at radius 2 is 2.14 bits per heavy atom. The minimum Gasteiger partial charge on any atom is -0.440 e. The van der Waals surface area contributed by atoms with Crippen LogP contribution in [0.3, 0.4) is 0 Å². The number of halogens is 2. The van der Waals surface area contributed by atoms with Crippen molar-refractivity contribution in [3.8, 4) is 10.4 Å². The number of likely N-dealkylation sites (tertiary alicyclic amines) is 1. The fraction of sp³-hybridized carbons (Fsp3) is 0.769. The maximum Gasteiger partial charge on any atom is 0.464 e. The van der Waals surface area contributed by atoms with E-state index in [9.17, 15) is 13.6 Å². The van der Waals surface area contributed by atoms with Crippen LogP contribution >= 0.6 is 10.5 Å². The molecule has 0 N–H and O–H groups in total. The average Bonchev–Trinajstić information content (AvgIpc) is 2.95. The SMILES string of the molecule is CCC1CCCCN1C(=O)COc1nnc(OC)[s+]1C(F)F. The first-order valence-corrected chi connectivity index (χ1v) is 8.50. The molecule has 0 bridgehead atoms. The molecule has 1 amide bonds. The van der Waals surface area contributed by atoms with E-state index in [-0.39, 0.29) is 28.9 Å². The molecule has 2 rings (SSSR count). The topological polar surface area (TPSA) is 64.6 Å². The first-order valence-electron chi connectivity index (χ1n) is 7.21. The van der Waals surface area contributed by atoms with Crippen LogP contribution in [-0.4, -0.2) is 47.3 Å². The highest BCUT2D eigenvalue weighted by molar-refractivity contribution is 7.34. The number of ether oxygens (including phenoxy) is 2. The lowest BCUT2D eigenvalue weighted by Crippen LogP contribution is -2.45. The Balaban J connectivity index is 2.00. The van der Waals surface area contributed by atoms with Crippen molar-refractivity contribution in [1.82, 2.24) is 15.1 Å². The fourth-order valence-electron chi connectivity index (χ4n) is 2.58. The highest BCUT2D eigenvalue weighted by Crippen LogP contribution is 2.48. The molecule has 0 aromatic carbocycles. The van der Waals surface area contributed by atoms with Crippen LogP contribution in [0.1, 0.15) is 38.4 Å². The Morgan fingerprint density at radius 3 is 2.77 bits per heavy atom. The minimum absolute atomic E-state index is 0.165. The van der Waals surface area contributed by atoms with Crippen molar-refractivity contribution in [2.45, 2.75) is 44.4 Å². The van der Waals surface area contributed by atoms with Gasteiger partial charge in [-0.3, -0.25) is 4.79 Å². The van der Waals surface area contributed by atoms with Crippen LogP contribution in [0.4, 0.5) is 8.78 Å².